The zero-order valence-corrected chi connectivity index (χ0v) is 14.0. The Balaban J connectivity index is 4.65. The van der Waals surface area contributed by atoms with Crippen molar-refractivity contribution in [1.82, 2.24) is 5.32 Å². The molecule has 6 heteroatoms. The Hall–Kier alpha value is 0.0169. The normalized spacial score (nSPS) is 13.7. The molecular formula is C13H32N2O3Si. The molecule has 0 spiro atoms. The minimum Gasteiger partial charge on any atom is -0.373 e. The average molecular weight is 292 g/mol. The maximum atomic E-state index is 6.01. The highest BCUT2D eigenvalue weighted by Crippen LogP contribution is 2.19. The number of nitrogens with two attached hydrogens (primary N) is 1. The SMILES string of the molecule is CCCO[Si](CC(C)NCN)(OCCC)OCCC. The van der Waals surface area contributed by atoms with Crippen LogP contribution in [0.1, 0.15) is 47.0 Å². The Morgan fingerprint density at radius 3 is 1.68 bits per heavy atom. The lowest BCUT2D eigenvalue weighted by atomic mass is 10.4. The van der Waals surface area contributed by atoms with E-state index in [2.05, 4.69) is 33.0 Å². The second-order valence-corrected chi connectivity index (χ2v) is 7.38. The van der Waals surface area contributed by atoms with E-state index in [9.17, 15) is 0 Å². The van der Waals surface area contributed by atoms with E-state index < -0.39 is 8.80 Å². The van der Waals surface area contributed by atoms with Gasteiger partial charge in [-0.25, -0.2) is 0 Å². The zero-order chi connectivity index (χ0) is 14.6. The Kier molecular flexibility index (Phi) is 11.8. The van der Waals surface area contributed by atoms with Crippen LogP contribution in [0.15, 0.2) is 0 Å². The summed E-state index contributed by atoms with van der Waals surface area (Å²) >= 11 is 0. The largest absolute Gasteiger partial charge is 0.502 e. The first-order valence-corrected chi connectivity index (χ1v) is 9.42. The topological polar surface area (TPSA) is 65.7 Å². The summed E-state index contributed by atoms with van der Waals surface area (Å²) in [5, 5.41) is 3.20. The van der Waals surface area contributed by atoms with Crippen LogP contribution in [0.5, 0.6) is 0 Å². The van der Waals surface area contributed by atoms with Gasteiger partial charge in [0.2, 0.25) is 0 Å². The predicted octanol–water partition coefficient (Wildman–Crippen LogP) is 2.10. The number of rotatable bonds is 13. The average Bonchev–Trinajstić information content (AvgIpc) is 2.40. The minimum absolute atomic E-state index is 0.238. The van der Waals surface area contributed by atoms with Crippen LogP contribution in [0.3, 0.4) is 0 Å². The van der Waals surface area contributed by atoms with Crippen LogP contribution < -0.4 is 11.1 Å². The molecule has 0 aromatic rings. The summed E-state index contributed by atoms with van der Waals surface area (Å²) in [5.41, 5.74) is 5.53. The second-order valence-electron chi connectivity index (χ2n) is 4.74. The molecule has 116 valence electrons. The highest BCUT2D eigenvalue weighted by Gasteiger charge is 2.42. The van der Waals surface area contributed by atoms with Gasteiger partial charge in [-0.3, -0.25) is 0 Å². The first-order valence-electron chi connectivity index (χ1n) is 7.49. The molecule has 1 unspecified atom stereocenters. The van der Waals surface area contributed by atoms with Gasteiger partial charge in [-0.15, -0.1) is 0 Å². The molecule has 0 heterocycles. The molecule has 3 N–H and O–H groups in total. The third-order valence-electron chi connectivity index (χ3n) is 2.60. The summed E-state index contributed by atoms with van der Waals surface area (Å²) in [6.07, 6.45) is 2.91. The van der Waals surface area contributed by atoms with Crippen LogP contribution >= 0.6 is 0 Å². The lowest BCUT2D eigenvalue weighted by molar-refractivity contribution is 0.0572. The molecule has 1 atom stereocenters. The van der Waals surface area contributed by atoms with Gasteiger partial charge in [-0.1, -0.05) is 20.8 Å². The minimum atomic E-state index is -2.58. The van der Waals surface area contributed by atoms with Gasteiger partial charge < -0.3 is 24.3 Å². The predicted molar refractivity (Wildman–Crippen MR) is 80.9 cm³/mol. The zero-order valence-electron chi connectivity index (χ0n) is 13.0. The third-order valence-corrected chi connectivity index (χ3v) is 5.65. The molecular weight excluding hydrogens is 260 g/mol. The van der Waals surface area contributed by atoms with Crippen molar-refractivity contribution in [3.63, 3.8) is 0 Å². The lowest BCUT2D eigenvalue weighted by Gasteiger charge is -2.31. The van der Waals surface area contributed by atoms with Gasteiger partial charge >= 0.3 is 8.80 Å². The van der Waals surface area contributed by atoms with Crippen molar-refractivity contribution < 1.29 is 13.3 Å². The van der Waals surface area contributed by atoms with Crippen molar-refractivity contribution in [1.29, 1.82) is 0 Å². The van der Waals surface area contributed by atoms with Crippen molar-refractivity contribution in [2.24, 2.45) is 5.73 Å². The van der Waals surface area contributed by atoms with Gasteiger partial charge in [0.25, 0.3) is 0 Å². The summed E-state index contributed by atoms with van der Waals surface area (Å²) in [4.78, 5) is 0. The van der Waals surface area contributed by atoms with Gasteiger partial charge in [0.05, 0.1) is 0 Å². The molecule has 0 aromatic heterocycles. The summed E-state index contributed by atoms with van der Waals surface area (Å²) in [6, 6.07) is 1.01. The van der Waals surface area contributed by atoms with E-state index in [0.29, 0.717) is 26.5 Å². The van der Waals surface area contributed by atoms with Crippen LogP contribution in [0, 0.1) is 0 Å². The van der Waals surface area contributed by atoms with Crippen LogP contribution in [-0.2, 0) is 13.3 Å². The fourth-order valence-corrected chi connectivity index (χ4v) is 4.77. The summed E-state index contributed by atoms with van der Waals surface area (Å²) < 4.78 is 18.0. The van der Waals surface area contributed by atoms with E-state index in [-0.39, 0.29) is 6.04 Å². The first kappa shape index (κ1) is 19.0. The molecule has 0 saturated carbocycles. The third kappa shape index (κ3) is 8.72. The Morgan fingerprint density at radius 1 is 0.947 bits per heavy atom. The van der Waals surface area contributed by atoms with Gasteiger partial charge in [0.15, 0.2) is 0 Å². The standard InChI is InChI=1S/C13H32N2O3Si/c1-5-8-16-19(17-9-6-2,18-10-7-3)11-13(4)15-12-14/h13,15H,5-12,14H2,1-4H3. The molecule has 0 fully saturated rings. The van der Waals surface area contributed by atoms with Crippen molar-refractivity contribution >= 4 is 8.80 Å². The molecule has 0 bridgehead atoms. The first-order chi connectivity index (χ1) is 9.14. The second kappa shape index (κ2) is 11.8. The summed E-state index contributed by atoms with van der Waals surface area (Å²) in [5.74, 6) is 0. The maximum absolute atomic E-state index is 6.01. The molecule has 0 saturated heterocycles. The number of nitrogens with one attached hydrogen (secondary N) is 1. The fraction of sp³-hybridized carbons (Fsp3) is 1.00. The summed E-state index contributed by atoms with van der Waals surface area (Å²) in [6.45, 7) is 10.9. The maximum Gasteiger partial charge on any atom is 0.502 e. The van der Waals surface area contributed by atoms with Gasteiger partial charge in [-0.05, 0) is 26.2 Å². The molecule has 0 aliphatic heterocycles. The lowest BCUT2D eigenvalue weighted by Crippen LogP contribution is -2.51. The quantitative estimate of drug-likeness (QED) is 0.402. The van der Waals surface area contributed by atoms with E-state index in [0.717, 1.165) is 25.3 Å². The van der Waals surface area contributed by atoms with E-state index in [1.54, 1.807) is 0 Å². The van der Waals surface area contributed by atoms with Crippen LogP contribution in [0.2, 0.25) is 6.04 Å². The molecule has 5 nitrogen and oxygen atoms in total. The molecule has 0 rings (SSSR count). The highest BCUT2D eigenvalue weighted by molar-refractivity contribution is 6.60. The van der Waals surface area contributed by atoms with E-state index in [1.165, 1.54) is 0 Å². The molecule has 0 aromatic carbocycles. The molecule has 19 heavy (non-hydrogen) atoms. The molecule has 0 radical (unpaired) electrons. The van der Waals surface area contributed by atoms with Crippen LogP contribution in [0.4, 0.5) is 0 Å². The Bertz CT molecular complexity index is 187. The van der Waals surface area contributed by atoms with E-state index in [4.69, 9.17) is 19.0 Å². The Labute approximate surface area is 119 Å². The highest BCUT2D eigenvalue weighted by atomic mass is 28.4. The van der Waals surface area contributed by atoms with Crippen molar-refractivity contribution in [2.45, 2.75) is 59.0 Å². The van der Waals surface area contributed by atoms with Gasteiger partial charge in [0, 0.05) is 38.6 Å². The monoisotopic (exact) mass is 292 g/mol. The molecule has 0 aliphatic rings. The van der Waals surface area contributed by atoms with E-state index in [1.807, 2.05) is 0 Å². The number of hydrogen-bond acceptors (Lipinski definition) is 5. The fourth-order valence-electron chi connectivity index (χ4n) is 1.72. The summed E-state index contributed by atoms with van der Waals surface area (Å²) in [7, 11) is -2.58. The van der Waals surface area contributed by atoms with Crippen LogP contribution in [0.25, 0.3) is 0 Å². The van der Waals surface area contributed by atoms with Crippen molar-refractivity contribution in [3.05, 3.63) is 0 Å². The molecule has 0 amide bonds. The Morgan fingerprint density at radius 2 is 1.37 bits per heavy atom. The smallest absolute Gasteiger partial charge is 0.373 e. The van der Waals surface area contributed by atoms with Gasteiger partial charge in [0.1, 0.15) is 0 Å². The van der Waals surface area contributed by atoms with Crippen molar-refractivity contribution in [2.75, 3.05) is 26.5 Å². The van der Waals surface area contributed by atoms with Crippen LogP contribution in [-0.4, -0.2) is 41.3 Å². The van der Waals surface area contributed by atoms with Gasteiger partial charge in [-0.2, -0.15) is 0 Å². The number of hydrogen-bond donors (Lipinski definition) is 2. The van der Waals surface area contributed by atoms with E-state index >= 15 is 0 Å². The molecule has 0 aliphatic carbocycles. The van der Waals surface area contributed by atoms with Crippen molar-refractivity contribution in [3.8, 4) is 0 Å².